The zero-order valence-electron chi connectivity index (χ0n) is 12.2. The van der Waals surface area contributed by atoms with Crippen LogP contribution in [0.1, 0.15) is 10.4 Å². The molecule has 0 fully saturated rings. The predicted octanol–water partition coefficient (Wildman–Crippen LogP) is 1.57. The van der Waals surface area contributed by atoms with Crippen LogP contribution in [0, 0.1) is 11.6 Å². The molecule has 0 saturated carbocycles. The third kappa shape index (κ3) is 3.27. The van der Waals surface area contributed by atoms with Crippen LogP contribution in [0.4, 0.5) is 8.78 Å². The van der Waals surface area contributed by atoms with Gasteiger partial charge in [0.2, 0.25) is 6.10 Å². The van der Waals surface area contributed by atoms with E-state index in [1.165, 1.54) is 0 Å². The quantitative estimate of drug-likeness (QED) is 0.818. The standard InChI is InChI=1S/C16H12F2N2O4/c17-9-5-6-11(18)10(7-9)15(21)19-20-16(22)14-8-23-12-3-1-2-4-13(12)24-14/h1-7,14H,8H2,(H,19,21)(H,20,22). The highest BCUT2D eigenvalue weighted by atomic mass is 19.1. The van der Waals surface area contributed by atoms with Crippen molar-refractivity contribution in [2.75, 3.05) is 6.61 Å². The highest BCUT2D eigenvalue weighted by Gasteiger charge is 2.27. The van der Waals surface area contributed by atoms with Crippen molar-refractivity contribution in [1.29, 1.82) is 0 Å². The van der Waals surface area contributed by atoms with E-state index in [0.29, 0.717) is 11.5 Å². The molecule has 1 heterocycles. The second kappa shape index (κ2) is 6.53. The van der Waals surface area contributed by atoms with Crippen molar-refractivity contribution < 1.29 is 27.8 Å². The number of carbonyl (C=O) groups is 2. The summed E-state index contributed by atoms with van der Waals surface area (Å²) >= 11 is 0. The monoisotopic (exact) mass is 334 g/mol. The summed E-state index contributed by atoms with van der Waals surface area (Å²) in [4.78, 5) is 23.8. The minimum atomic E-state index is -0.988. The first-order chi connectivity index (χ1) is 11.5. The number of ether oxygens (including phenoxy) is 2. The lowest BCUT2D eigenvalue weighted by Crippen LogP contribution is -2.51. The van der Waals surface area contributed by atoms with Crippen LogP contribution in [0.5, 0.6) is 11.5 Å². The SMILES string of the molecule is O=C(NNC(=O)C1COc2ccccc2O1)c1cc(F)ccc1F. The van der Waals surface area contributed by atoms with Crippen molar-refractivity contribution in [2.24, 2.45) is 0 Å². The van der Waals surface area contributed by atoms with Gasteiger partial charge in [-0.1, -0.05) is 12.1 Å². The summed E-state index contributed by atoms with van der Waals surface area (Å²) in [5, 5.41) is 0. The largest absolute Gasteiger partial charge is 0.485 e. The number of hydrogen-bond donors (Lipinski definition) is 2. The van der Waals surface area contributed by atoms with Gasteiger partial charge in [-0.2, -0.15) is 0 Å². The number of amides is 2. The van der Waals surface area contributed by atoms with Crippen molar-refractivity contribution in [2.45, 2.75) is 6.10 Å². The molecule has 0 aromatic heterocycles. The van der Waals surface area contributed by atoms with E-state index in [4.69, 9.17) is 9.47 Å². The first-order valence-corrected chi connectivity index (χ1v) is 6.98. The predicted molar refractivity (Wildman–Crippen MR) is 78.3 cm³/mol. The fraction of sp³-hybridized carbons (Fsp3) is 0.125. The van der Waals surface area contributed by atoms with E-state index < -0.39 is 35.1 Å². The van der Waals surface area contributed by atoms with E-state index in [-0.39, 0.29) is 6.61 Å². The zero-order chi connectivity index (χ0) is 17.1. The van der Waals surface area contributed by atoms with Gasteiger partial charge in [-0.25, -0.2) is 8.78 Å². The van der Waals surface area contributed by atoms with Crippen LogP contribution in [-0.2, 0) is 4.79 Å². The number of benzene rings is 2. The van der Waals surface area contributed by atoms with Crippen LogP contribution in [0.15, 0.2) is 42.5 Å². The van der Waals surface area contributed by atoms with Gasteiger partial charge < -0.3 is 9.47 Å². The van der Waals surface area contributed by atoms with E-state index in [0.717, 1.165) is 18.2 Å². The average Bonchev–Trinajstić information content (AvgIpc) is 2.61. The molecule has 1 atom stereocenters. The van der Waals surface area contributed by atoms with Crippen molar-refractivity contribution in [3.8, 4) is 11.5 Å². The third-order valence-corrected chi connectivity index (χ3v) is 3.27. The molecule has 1 unspecified atom stereocenters. The summed E-state index contributed by atoms with van der Waals surface area (Å²) in [5.41, 5.74) is 3.58. The molecule has 1 aliphatic rings. The Labute approximate surface area is 135 Å². The summed E-state index contributed by atoms with van der Waals surface area (Å²) < 4.78 is 37.4. The molecule has 0 aliphatic carbocycles. The second-order valence-electron chi connectivity index (χ2n) is 4.93. The number of carbonyl (C=O) groups excluding carboxylic acids is 2. The van der Waals surface area contributed by atoms with Crippen molar-refractivity contribution in [3.63, 3.8) is 0 Å². The minimum Gasteiger partial charge on any atom is -0.485 e. The number of fused-ring (bicyclic) bond motifs is 1. The lowest BCUT2D eigenvalue weighted by molar-refractivity contribution is -0.131. The van der Waals surface area contributed by atoms with E-state index >= 15 is 0 Å². The molecule has 0 radical (unpaired) electrons. The van der Waals surface area contributed by atoms with Crippen LogP contribution in [0.2, 0.25) is 0 Å². The molecule has 0 spiro atoms. The van der Waals surface area contributed by atoms with Crippen LogP contribution >= 0.6 is 0 Å². The van der Waals surface area contributed by atoms with Gasteiger partial charge in [0.25, 0.3) is 11.8 Å². The first kappa shape index (κ1) is 15.7. The molecule has 1 aliphatic heterocycles. The fourth-order valence-electron chi connectivity index (χ4n) is 2.09. The minimum absolute atomic E-state index is 0.0486. The molecule has 0 saturated heterocycles. The number of para-hydroxylation sites is 2. The zero-order valence-corrected chi connectivity index (χ0v) is 12.2. The summed E-state index contributed by atoms with van der Waals surface area (Å²) in [6, 6.07) is 9.24. The van der Waals surface area contributed by atoms with Gasteiger partial charge in [0.1, 0.15) is 18.2 Å². The number of nitrogens with one attached hydrogen (secondary N) is 2. The van der Waals surface area contributed by atoms with Crippen molar-refractivity contribution >= 4 is 11.8 Å². The summed E-state index contributed by atoms with van der Waals surface area (Å²) in [7, 11) is 0. The highest BCUT2D eigenvalue weighted by molar-refractivity contribution is 5.96. The van der Waals surface area contributed by atoms with Crippen molar-refractivity contribution in [3.05, 3.63) is 59.7 Å². The van der Waals surface area contributed by atoms with Crippen LogP contribution in [0.25, 0.3) is 0 Å². The Bertz CT molecular complexity index is 797. The van der Waals surface area contributed by atoms with Crippen LogP contribution in [-0.4, -0.2) is 24.5 Å². The van der Waals surface area contributed by atoms with Crippen molar-refractivity contribution in [1.82, 2.24) is 10.9 Å². The normalized spacial score (nSPS) is 15.5. The molecule has 8 heteroatoms. The van der Waals surface area contributed by atoms with Gasteiger partial charge >= 0.3 is 0 Å². The summed E-state index contributed by atoms with van der Waals surface area (Å²) in [5.74, 6) is -2.45. The van der Waals surface area contributed by atoms with E-state index in [9.17, 15) is 18.4 Å². The number of hydrogen-bond acceptors (Lipinski definition) is 4. The first-order valence-electron chi connectivity index (χ1n) is 6.98. The Morgan fingerprint density at radius 1 is 1.04 bits per heavy atom. The van der Waals surface area contributed by atoms with Gasteiger partial charge in [-0.3, -0.25) is 20.4 Å². The van der Waals surface area contributed by atoms with E-state index in [1.807, 2.05) is 5.43 Å². The van der Waals surface area contributed by atoms with Gasteiger partial charge in [0.05, 0.1) is 5.56 Å². The maximum Gasteiger partial charge on any atom is 0.283 e. The van der Waals surface area contributed by atoms with E-state index in [2.05, 4.69) is 5.43 Å². The molecular weight excluding hydrogens is 322 g/mol. The highest BCUT2D eigenvalue weighted by Crippen LogP contribution is 2.30. The fourth-order valence-corrected chi connectivity index (χ4v) is 2.09. The Morgan fingerprint density at radius 2 is 1.79 bits per heavy atom. The molecule has 2 aromatic rings. The van der Waals surface area contributed by atoms with Gasteiger partial charge in [-0.05, 0) is 30.3 Å². The van der Waals surface area contributed by atoms with Gasteiger partial charge in [0.15, 0.2) is 11.5 Å². The maximum absolute atomic E-state index is 13.5. The Kier molecular flexibility index (Phi) is 4.28. The topological polar surface area (TPSA) is 76.7 Å². The van der Waals surface area contributed by atoms with E-state index in [1.54, 1.807) is 24.3 Å². The average molecular weight is 334 g/mol. The molecule has 6 nitrogen and oxygen atoms in total. The van der Waals surface area contributed by atoms with Gasteiger partial charge in [0, 0.05) is 0 Å². The Hall–Kier alpha value is -3.16. The molecule has 24 heavy (non-hydrogen) atoms. The van der Waals surface area contributed by atoms with Crippen LogP contribution in [0.3, 0.4) is 0 Å². The lowest BCUT2D eigenvalue weighted by atomic mass is 10.2. The second-order valence-corrected chi connectivity index (χ2v) is 4.93. The molecule has 124 valence electrons. The number of rotatable bonds is 2. The lowest BCUT2D eigenvalue weighted by Gasteiger charge is -2.25. The number of halogens is 2. The number of hydrazine groups is 1. The Balaban J connectivity index is 1.60. The molecule has 2 aromatic carbocycles. The van der Waals surface area contributed by atoms with Crippen LogP contribution < -0.4 is 20.3 Å². The molecule has 0 bridgehead atoms. The summed E-state index contributed by atoms with van der Waals surface area (Å²) in [6.45, 7) is -0.0486. The Morgan fingerprint density at radius 3 is 2.58 bits per heavy atom. The summed E-state index contributed by atoms with van der Waals surface area (Å²) in [6.07, 6.45) is -0.988. The molecule has 2 amide bonds. The maximum atomic E-state index is 13.5. The third-order valence-electron chi connectivity index (χ3n) is 3.27. The molecular formula is C16H12F2N2O4. The smallest absolute Gasteiger partial charge is 0.283 e. The van der Waals surface area contributed by atoms with Gasteiger partial charge in [-0.15, -0.1) is 0 Å². The molecule has 3 rings (SSSR count). The molecule has 2 N–H and O–H groups in total.